The summed E-state index contributed by atoms with van der Waals surface area (Å²) < 4.78 is 34.1. The molecule has 2 fully saturated rings. The zero-order chi connectivity index (χ0) is 40.2. The van der Waals surface area contributed by atoms with Crippen molar-refractivity contribution in [3.05, 3.63) is 0 Å². The van der Waals surface area contributed by atoms with Gasteiger partial charge < -0.3 is 69.9 Å². The maximum Gasteiger partial charge on any atom is 0.242 e. The van der Waals surface area contributed by atoms with Crippen molar-refractivity contribution >= 4 is 23.6 Å². The Morgan fingerprint density at radius 1 is 0.833 bits per heavy atom. The normalized spacial score (nSPS) is 30.5. The van der Waals surface area contributed by atoms with Crippen LogP contribution in [0.15, 0.2) is 4.99 Å². The van der Waals surface area contributed by atoms with Gasteiger partial charge in [0.25, 0.3) is 0 Å². The molecule has 18 heteroatoms. The van der Waals surface area contributed by atoms with E-state index in [-0.39, 0.29) is 37.1 Å². The number of hydrogen-bond donors (Lipinski definition) is 8. The second-order valence-electron chi connectivity index (χ2n) is 15.2. The van der Waals surface area contributed by atoms with Crippen LogP contribution in [0.4, 0.5) is 0 Å². The molecule has 0 spiro atoms. The van der Waals surface area contributed by atoms with Crippen LogP contribution in [0.3, 0.4) is 0 Å². The first-order chi connectivity index (χ1) is 25.4. The van der Waals surface area contributed by atoms with Gasteiger partial charge in [0, 0.05) is 46.1 Å². The number of rotatable bonds is 22. The molecule has 0 aromatic heterocycles. The number of aliphatic hydroxyl groups excluding tert-OH is 5. The first-order valence-corrected chi connectivity index (χ1v) is 19.0. The molecular weight excluding hydrogens is 712 g/mol. The van der Waals surface area contributed by atoms with E-state index in [1.54, 1.807) is 6.92 Å². The van der Waals surface area contributed by atoms with E-state index in [1.807, 2.05) is 41.5 Å². The number of aliphatic hydroxyl groups is 5. The second-order valence-corrected chi connectivity index (χ2v) is 15.2. The van der Waals surface area contributed by atoms with Crippen molar-refractivity contribution in [3.8, 4) is 0 Å². The average Bonchev–Trinajstić information content (AvgIpc) is 3.50. The number of ether oxygens (including phenoxy) is 6. The quantitative estimate of drug-likeness (QED) is 0.0624. The van der Waals surface area contributed by atoms with E-state index in [9.17, 15) is 39.9 Å². The molecule has 0 radical (unpaired) electrons. The second kappa shape index (κ2) is 21.1. The Bertz CT molecular complexity index is 1240. The highest BCUT2D eigenvalue weighted by molar-refractivity contribution is 5.87. The standard InChI is InChI=1S/C36H64N4O14/c1-8-49-35(4,5)15-13-24(42)37-17-11-10-12-21(40-25(43)14-16-36(6,7)50-9-2)32(48)38-18-22-27(44)29(46)30(47)34(52-22)54-31-23(19-41)53-33-26(28(31)45)39-20(3)51-33/h21-23,26-31,33-34,41,44-47H,8-19H2,1-7H3,(H,37,42)(H,38,48)(H,40,43)/t21-,22?,23?,26?,27?,28?,29?,30?,31?,33?,34?/m0/s1. The third-order valence-corrected chi connectivity index (χ3v) is 9.75. The van der Waals surface area contributed by atoms with Gasteiger partial charge in [0.2, 0.25) is 24.0 Å². The van der Waals surface area contributed by atoms with Gasteiger partial charge >= 0.3 is 0 Å². The van der Waals surface area contributed by atoms with E-state index in [4.69, 9.17) is 28.4 Å². The van der Waals surface area contributed by atoms with Crippen LogP contribution in [0.2, 0.25) is 0 Å². The Labute approximate surface area is 317 Å². The summed E-state index contributed by atoms with van der Waals surface area (Å²) in [4.78, 5) is 43.1. The van der Waals surface area contributed by atoms with Gasteiger partial charge in [-0.2, -0.15) is 0 Å². The summed E-state index contributed by atoms with van der Waals surface area (Å²) in [7, 11) is 0. The number of hydrogen-bond acceptors (Lipinski definition) is 15. The Morgan fingerprint density at radius 2 is 1.46 bits per heavy atom. The largest absolute Gasteiger partial charge is 0.450 e. The summed E-state index contributed by atoms with van der Waals surface area (Å²) in [5.74, 6) is -0.787. The molecule has 3 amide bonds. The zero-order valence-corrected chi connectivity index (χ0v) is 32.7. The van der Waals surface area contributed by atoms with E-state index in [1.165, 1.54) is 0 Å². The Kier molecular flexibility index (Phi) is 17.9. The predicted octanol–water partition coefficient (Wildman–Crippen LogP) is -0.847. The van der Waals surface area contributed by atoms with Gasteiger partial charge in [0.05, 0.1) is 17.8 Å². The SMILES string of the molecule is CCOC(C)(C)CCC(=O)NCCCC[C@H](NC(=O)CCC(C)(C)OCC)C(=O)NCC1OC(OC2C(CO)OC3OC(C)=NC3C2O)C(O)C(O)C1O. The maximum absolute atomic E-state index is 13.5. The summed E-state index contributed by atoms with van der Waals surface area (Å²) in [6.07, 6.45) is -10.1. The summed E-state index contributed by atoms with van der Waals surface area (Å²) in [5, 5.41) is 61.4. The molecule has 10 unspecified atom stereocenters. The molecule has 3 aliphatic heterocycles. The Hall–Kier alpha value is -2.52. The fourth-order valence-electron chi connectivity index (χ4n) is 6.62. The first-order valence-electron chi connectivity index (χ1n) is 19.0. The number of aliphatic imine (C=N–C) groups is 1. The summed E-state index contributed by atoms with van der Waals surface area (Å²) >= 11 is 0. The molecule has 2 saturated heterocycles. The zero-order valence-electron chi connectivity index (χ0n) is 32.7. The summed E-state index contributed by atoms with van der Waals surface area (Å²) in [6, 6.07) is -1.86. The van der Waals surface area contributed by atoms with Crippen LogP contribution in [0.1, 0.15) is 93.4 Å². The summed E-state index contributed by atoms with van der Waals surface area (Å²) in [6.45, 7) is 13.4. The van der Waals surface area contributed by atoms with Crippen molar-refractivity contribution in [1.29, 1.82) is 0 Å². The third kappa shape index (κ3) is 13.6. The highest BCUT2D eigenvalue weighted by atomic mass is 16.7. The van der Waals surface area contributed by atoms with Crippen molar-refractivity contribution in [2.24, 2.45) is 4.99 Å². The van der Waals surface area contributed by atoms with Crippen LogP contribution in [0.5, 0.6) is 0 Å². The van der Waals surface area contributed by atoms with Crippen LogP contribution < -0.4 is 16.0 Å². The van der Waals surface area contributed by atoms with E-state index in [2.05, 4.69) is 20.9 Å². The number of carbonyl (C=O) groups is 3. The van der Waals surface area contributed by atoms with Gasteiger partial charge in [-0.05, 0) is 73.6 Å². The lowest BCUT2D eigenvalue weighted by Gasteiger charge is -2.45. The van der Waals surface area contributed by atoms with Crippen LogP contribution in [-0.4, -0.2) is 161 Å². The smallest absolute Gasteiger partial charge is 0.242 e. The fraction of sp³-hybridized carbons (Fsp3) is 0.889. The fourth-order valence-corrected chi connectivity index (χ4v) is 6.62. The van der Waals surface area contributed by atoms with E-state index >= 15 is 0 Å². The molecule has 3 rings (SSSR count). The minimum Gasteiger partial charge on any atom is -0.450 e. The van der Waals surface area contributed by atoms with Gasteiger partial charge in [-0.15, -0.1) is 0 Å². The number of fused-ring (bicyclic) bond motifs is 1. The average molecular weight is 777 g/mol. The topological polar surface area (TPSA) is 256 Å². The van der Waals surface area contributed by atoms with Crippen LogP contribution in [-0.2, 0) is 42.8 Å². The van der Waals surface area contributed by atoms with Crippen molar-refractivity contribution in [2.45, 2.75) is 172 Å². The van der Waals surface area contributed by atoms with Crippen LogP contribution in [0, 0.1) is 0 Å². The number of amides is 3. The molecule has 3 aliphatic rings. The molecule has 54 heavy (non-hydrogen) atoms. The number of carbonyl (C=O) groups excluding carboxylic acids is 3. The van der Waals surface area contributed by atoms with Gasteiger partial charge in [-0.3, -0.25) is 14.4 Å². The monoisotopic (exact) mass is 776 g/mol. The van der Waals surface area contributed by atoms with Gasteiger partial charge in [0.1, 0.15) is 54.8 Å². The minimum absolute atomic E-state index is 0.0999. The molecule has 312 valence electrons. The maximum atomic E-state index is 13.5. The molecule has 3 heterocycles. The van der Waals surface area contributed by atoms with Gasteiger partial charge in [-0.25, -0.2) is 4.99 Å². The van der Waals surface area contributed by atoms with Crippen LogP contribution in [0.25, 0.3) is 0 Å². The van der Waals surface area contributed by atoms with Gasteiger partial charge in [0.15, 0.2) is 12.2 Å². The number of unbranched alkanes of at least 4 members (excludes halogenated alkanes) is 1. The Balaban J connectivity index is 1.60. The lowest BCUT2D eigenvalue weighted by molar-refractivity contribution is -0.338. The number of nitrogens with one attached hydrogen (secondary N) is 3. The van der Waals surface area contributed by atoms with E-state index in [0.29, 0.717) is 51.9 Å². The van der Waals surface area contributed by atoms with Crippen molar-refractivity contribution in [2.75, 3.05) is 32.9 Å². The summed E-state index contributed by atoms with van der Waals surface area (Å²) in [5.41, 5.74) is -0.957. The third-order valence-electron chi connectivity index (χ3n) is 9.75. The van der Waals surface area contributed by atoms with Crippen molar-refractivity contribution in [1.82, 2.24) is 16.0 Å². The van der Waals surface area contributed by atoms with Crippen molar-refractivity contribution < 1.29 is 68.3 Å². The lowest BCUT2D eigenvalue weighted by Crippen LogP contribution is -2.64. The molecule has 0 aromatic rings. The molecule has 18 nitrogen and oxygen atoms in total. The number of nitrogens with zero attached hydrogens (tertiary/aromatic N) is 1. The lowest BCUT2D eigenvalue weighted by atomic mass is 9.96. The molecule has 0 aromatic carbocycles. The van der Waals surface area contributed by atoms with Gasteiger partial charge in [-0.1, -0.05) is 0 Å². The first kappa shape index (κ1) is 45.9. The molecule has 0 saturated carbocycles. The molecule has 0 aliphatic carbocycles. The van der Waals surface area contributed by atoms with E-state index < -0.39 is 91.1 Å². The van der Waals surface area contributed by atoms with Crippen LogP contribution >= 0.6 is 0 Å². The molecule has 8 N–H and O–H groups in total. The van der Waals surface area contributed by atoms with Crippen molar-refractivity contribution in [3.63, 3.8) is 0 Å². The highest BCUT2D eigenvalue weighted by Gasteiger charge is 2.53. The van der Waals surface area contributed by atoms with E-state index in [0.717, 1.165) is 0 Å². The predicted molar refractivity (Wildman–Crippen MR) is 193 cm³/mol. The minimum atomic E-state index is -1.77. The highest BCUT2D eigenvalue weighted by Crippen LogP contribution is 2.33. The Morgan fingerprint density at radius 3 is 2.07 bits per heavy atom. The molecule has 0 bridgehead atoms. The molecule has 11 atom stereocenters. The molecular formula is C36H64N4O14.